The molecule has 0 bridgehead atoms. The van der Waals surface area contributed by atoms with Crippen molar-refractivity contribution in [1.29, 1.82) is 0 Å². The number of nitrogens with zero attached hydrogens (tertiary/aromatic N) is 1. The zero-order valence-electron chi connectivity index (χ0n) is 22.2. The Bertz CT molecular complexity index is 1060. The van der Waals surface area contributed by atoms with E-state index in [1.165, 1.54) is 7.05 Å². The summed E-state index contributed by atoms with van der Waals surface area (Å²) in [4.78, 5) is 15.1. The molecule has 0 saturated carbocycles. The lowest BCUT2D eigenvalue weighted by Crippen LogP contribution is -2.25. The number of carbonyl (C=O) groups is 1. The molecule has 1 amide bonds. The number of allylic oxidation sites excluding steroid dienone is 6. The first-order chi connectivity index (χ1) is 17.6. The molecule has 38 heavy (non-hydrogen) atoms. The molecule has 0 saturated heterocycles. The van der Waals surface area contributed by atoms with Crippen molar-refractivity contribution in [2.24, 2.45) is 10.7 Å². The molecule has 0 aliphatic carbocycles. The molecule has 0 atom stereocenters. The van der Waals surface area contributed by atoms with E-state index in [0.717, 1.165) is 0 Å². The number of aliphatic imine (C=N–C) groups is 1. The molecule has 0 unspecified atom stereocenters. The number of hydrogen-bond donors (Lipinski definition) is 2. The van der Waals surface area contributed by atoms with Gasteiger partial charge in [0.2, 0.25) is 5.91 Å². The zero-order chi connectivity index (χ0) is 29.7. The summed E-state index contributed by atoms with van der Waals surface area (Å²) < 4.78 is 90.2. The second-order valence-corrected chi connectivity index (χ2v) is 7.84. The summed E-state index contributed by atoms with van der Waals surface area (Å²) in [6, 6.07) is 1.36. The molecule has 0 fully saturated rings. The Morgan fingerprint density at radius 1 is 1.00 bits per heavy atom. The average Bonchev–Trinajstić information content (AvgIpc) is 2.84. The van der Waals surface area contributed by atoms with Gasteiger partial charge in [0, 0.05) is 30.3 Å². The second-order valence-electron chi connectivity index (χ2n) is 7.84. The van der Waals surface area contributed by atoms with Crippen LogP contribution >= 0.6 is 0 Å². The second kappa shape index (κ2) is 15.8. The Morgan fingerprint density at radius 3 is 1.87 bits per heavy atom. The van der Waals surface area contributed by atoms with Crippen LogP contribution in [0.4, 0.5) is 30.7 Å². The lowest BCUT2D eigenvalue weighted by atomic mass is 9.99. The van der Waals surface area contributed by atoms with Crippen molar-refractivity contribution in [3.05, 3.63) is 81.7 Å². The van der Waals surface area contributed by atoms with Gasteiger partial charge in [-0.2, -0.15) is 26.3 Å². The van der Waals surface area contributed by atoms with Crippen LogP contribution in [0.25, 0.3) is 0 Å². The number of primary amides is 1. The maximum absolute atomic E-state index is 14.2. The number of rotatable bonds is 8. The smallest absolute Gasteiger partial charge is 0.370 e. The lowest BCUT2D eigenvalue weighted by molar-refractivity contribution is -0.143. The number of nitrogens with two attached hydrogens (primary N) is 1. The normalized spacial score (nSPS) is 14.2. The van der Waals surface area contributed by atoms with E-state index < -0.39 is 29.4 Å². The highest BCUT2D eigenvalue weighted by Crippen LogP contribution is 2.36. The molecular weight excluding hydrogens is 515 g/mol. The highest BCUT2D eigenvalue weighted by atomic mass is 19.4. The Balaban J connectivity index is 0.000000726. The van der Waals surface area contributed by atoms with Crippen molar-refractivity contribution in [2.75, 3.05) is 13.6 Å². The molecule has 0 aromatic heterocycles. The summed E-state index contributed by atoms with van der Waals surface area (Å²) in [5.41, 5.74) is 3.45. The first-order valence-corrected chi connectivity index (χ1v) is 11.8. The van der Waals surface area contributed by atoms with Crippen LogP contribution in [-0.4, -0.2) is 25.3 Å². The number of carbonyl (C=O) groups excluding carboxylic acids is 1. The van der Waals surface area contributed by atoms with Crippen LogP contribution in [0, 0.1) is 0 Å². The van der Waals surface area contributed by atoms with Crippen LogP contribution < -0.4 is 11.1 Å². The fraction of sp³-hybridized carbons (Fsp3) is 0.407. The number of halogens is 7. The molecule has 212 valence electrons. The van der Waals surface area contributed by atoms with Gasteiger partial charge in [0.05, 0.1) is 11.1 Å². The summed E-state index contributed by atoms with van der Waals surface area (Å²) in [5.74, 6) is -0.996. The summed E-state index contributed by atoms with van der Waals surface area (Å²) in [5, 5.41) is 2.62. The predicted molar refractivity (Wildman–Crippen MR) is 137 cm³/mol. The molecule has 0 spiro atoms. The van der Waals surface area contributed by atoms with Crippen molar-refractivity contribution < 1.29 is 35.5 Å². The van der Waals surface area contributed by atoms with Crippen molar-refractivity contribution in [3.8, 4) is 0 Å². The minimum atomic E-state index is -4.86. The number of benzene rings is 1. The van der Waals surface area contributed by atoms with E-state index in [4.69, 9.17) is 5.73 Å². The van der Waals surface area contributed by atoms with E-state index >= 15 is 0 Å². The zero-order valence-corrected chi connectivity index (χ0v) is 22.2. The molecule has 0 heterocycles. The first kappa shape index (κ1) is 34.6. The van der Waals surface area contributed by atoms with E-state index in [0.29, 0.717) is 37.1 Å². The summed E-state index contributed by atoms with van der Waals surface area (Å²) in [7, 11) is 1.28. The van der Waals surface area contributed by atoms with Gasteiger partial charge in [0.25, 0.3) is 0 Å². The number of amidine groups is 1. The van der Waals surface area contributed by atoms with E-state index in [9.17, 15) is 35.5 Å². The summed E-state index contributed by atoms with van der Waals surface area (Å²) in [6.45, 7) is 9.27. The van der Waals surface area contributed by atoms with Crippen molar-refractivity contribution >= 4 is 11.7 Å². The van der Waals surface area contributed by atoms with Crippen LogP contribution in [0.15, 0.2) is 70.0 Å². The van der Waals surface area contributed by atoms with Crippen LogP contribution in [0.1, 0.15) is 64.2 Å². The lowest BCUT2D eigenvalue weighted by Gasteiger charge is -2.15. The maximum atomic E-state index is 14.2. The van der Waals surface area contributed by atoms with Crippen molar-refractivity contribution in [3.63, 3.8) is 0 Å². The third kappa shape index (κ3) is 10.9. The highest BCUT2D eigenvalue weighted by Gasteiger charge is 2.37. The van der Waals surface area contributed by atoms with Gasteiger partial charge in [0.1, 0.15) is 11.7 Å². The summed E-state index contributed by atoms with van der Waals surface area (Å²) >= 11 is 0. The number of hydrogen-bond acceptors (Lipinski definition) is 2. The van der Waals surface area contributed by atoms with Crippen molar-refractivity contribution in [2.45, 2.75) is 59.8 Å². The van der Waals surface area contributed by atoms with E-state index in [2.05, 4.69) is 10.3 Å². The molecule has 0 aliphatic heterocycles. The fourth-order valence-corrected chi connectivity index (χ4v) is 2.98. The van der Waals surface area contributed by atoms with E-state index in [1.807, 2.05) is 20.8 Å². The average molecular weight is 550 g/mol. The molecule has 1 rings (SSSR count). The maximum Gasteiger partial charge on any atom is 0.416 e. The van der Waals surface area contributed by atoms with Gasteiger partial charge < -0.3 is 11.1 Å². The topological polar surface area (TPSA) is 67.5 Å². The molecule has 3 N–H and O–H groups in total. The molecule has 1 aromatic rings. The minimum Gasteiger partial charge on any atom is -0.370 e. The highest BCUT2D eigenvalue weighted by molar-refractivity contribution is 5.99. The van der Waals surface area contributed by atoms with Gasteiger partial charge in [0.15, 0.2) is 0 Å². The van der Waals surface area contributed by atoms with Gasteiger partial charge in [-0.1, -0.05) is 38.2 Å². The van der Waals surface area contributed by atoms with Crippen LogP contribution in [0.5, 0.6) is 0 Å². The Kier molecular flexibility index (Phi) is 14.4. The Labute approximate surface area is 218 Å². The monoisotopic (exact) mass is 549 g/mol. The Hall–Kier alpha value is -3.37. The first-order valence-electron chi connectivity index (χ1n) is 11.8. The number of amides is 1. The van der Waals surface area contributed by atoms with Gasteiger partial charge in [-0.15, -0.1) is 0 Å². The molecule has 11 heteroatoms. The third-order valence-electron chi connectivity index (χ3n) is 4.99. The Morgan fingerprint density at radius 2 is 1.53 bits per heavy atom. The van der Waals surface area contributed by atoms with Crippen LogP contribution in [-0.2, 0) is 17.1 Å². The quantitative estimate of drug-likeness (QED) is 0.115. The van der Waals surface area contributed by atoms with E-state index in [-0.39, 0.29) is 34.4 Å². The van der Waals surface area contributed by atoms with Crippen LogP contribution in [0.3, 0.4) is 0 Å². The standard InChI is InChI=1S/C15H22FNO.C12H12F6N2/c1-5-8-10-12(14(16)11(4)7-3)13(9-6-2)15(17)18;1-3-20-10(19-2)7-4-8(11(13,14)15)6-9(5-7)12(16,17)18/h5,8-10H,6-7H2,1-4H3,(H2,17,18);4-6H,3H2,1-2H3,(H,19,20)/b8-5-,12-10-,13-9+,14-11-;. The van der Waals surface area contributed by atoms with Gasteiger partial charge in [-0.05, 0) is 57.4 Å². The number of nitrogens with one attached hydrogen (secondary N) is 1. The van der Waals surface area contributed by atoms with Gasteiger partial charge in [-0.25, -0.2) is 4.39 Å². The predicted octanol–water partition coefficient (Wildman–Crippen LogP) is 7.67. The van der Waals surface area contributed by atoms with E-state index in [1.54, 1.807) is 38.2 Å². The minimum absolute atomic E-state index is 0.0240. The summed E-state index contributed by atoms with van der Waals surface area (Å²) in [6.07, 6.45) is -1.78. The number of alkyl halides is 6. The van der Waals surface area contributed by atoms with Gasteiger partial charge in [-0.3, -0.25) is 9.79 Å². The van der Waals surface area contributed by atoms with Crippen molar-refractivity contribution in [1.82, 2.24) is 5.32 Å². The molecular formula is C27H34F7N3O. The SMILES string of the molecule is CCNC(=NC)c1cc(C(F)(F)F)cc(C(F)(F)F)c1.C\C=C/C=C(C(\F)=C(/C)CC)/C(=C\CC)C(N)=O. The molecule has 0 radical (unpaired) electrons. The third-order valence-corrected chi connectivity index (χ3v) is 4.99. The molecule has 4 nitrogen and oxygen atoms in total. The molecule has 0 aliphatic rings. The fourth-order valence-electron chi connectivity index (χ4n) is 2.98. The molecule has 1 aromatic carbocycles. The van der Waals surface area contributed by atoms with Gasteiger partial charge >= 0.3 is 12.4 Å². The van der Waals surface area contributed by atoms with Crippen LogP contribution in [0.2, 0.25) is 0 Å². The largest absolute Gasteiger partial charge is 0.416 e.